The van der Waals surface area contributed by atoms with Crippen molar-refractivity contribution in [3.8, 4) is 0 Å². The van der Waals surface area contributed by atoms with E-state index >= 15 is 0 Å². The van der Waals surface area contributed by atoms with Crippen LogP contribution in [0, 0.1) is 11.6 Å². The normalized spacial score (nSPS) is 19.3. The predicted molar refractivity (Wildman–Crippen MR) is 77.0 cm³/mol. The number of imidazole rings is 1. The zero-order chi connectivity index (χ0) is 14.8. The van der Waals surface area contributed by atoms with Gasteiger partial charge in [-0.3, -0.25) is 0 Å². The van der Waals surface area contributed by atoms with Crippen molar-refractivity contribution in [1.29, 1.82) is 0 Å². The van der Waals surface area contributed by atoms with Crippen molar-refractivity contribution in [3.05, 3.63) is 53.6 Å². The Bertz CT molecular complexity index is 624. The summed E-state index contributed by atoms with van der Waals surface area (Å²) < 4.78 is 28.4. The summed E-state index contributed by atoms with van der Waals surface area (Å²) >= 11 is 0. The molecule has 3 nitrogen and oxygen atoms in total. The van der Waals surface area contributed by atoms with Crippen molar-refractivity contribution in [2.75, 3.05) is 6.54 Å². The van der Waals surface area contributed by atoms with Crippen molar-refractivity contribution in [1.82, 2.24) is 14.9 Å². The fourth-order valence-electron chi connectivity index (χ4n) is 2.92. The van der Waals surface area contributed by atoms with Gasteiger partial charge in [-0.05, 0) is 37.5 Å². The number of halogens is 2. The van der Waals surface area contributed by atoms with Crippen LogP contribution in [0.2, 0.25) is 0 Å². The Morgan fingerprint density at radius 1 is 1.38 bits per heavy atom. The molecule has 0 bridgehead atoms. The molecule has 2 aromatic rings. The Hall–Kier alpha value is -1.75. The lowest BCUT2D eigenvalue weighted by Gasteiger charge is -2.25. The van der Waals surface area contributed by atoms with Crippen molar-refractivity contribution >= 4 is 0 Å². The summed E-state index contributed by atoms with van der Waals surface area (Å²) in [6, 6.07) is 4.04. The smallest absolute Gasteiger partial charge is 0.159 e. The van der Waals surface area contributed by atoms with E-state index in [0.717, 1.165) is 37.3 Å². The van der Waals surface area contributed by atoms with Gasteiger partial charge in [-0.15, -0.1) is 0 Å². The van der Waals surface area contributed by atoms with Gasteiger partial charge in [0.05, 0.1) is 0 Å². The highest BCUT2D eigenvalue weighted by molar-refractivity contribution is 5.21. The first-order chi connectivity index (χ1) is 10.1. The van der Waals surface area contributed by atoms with Gasteiger partial charge in [0, 0.05) is 37.4 Å². The van der Waals surface area contributed by atoms with Gasteiger partial charge in [-0.1, -0.05) is 6.07 Å². The molecular formula is C16H19F2N3. The molecule has 0 unspecified atom stereocenters. The van der Waals surface area contributed by atoms with Crippen LogP contribution in [-0.2, 0) is 6.54 Å². The predicted octanol–water partition coefficient (Wildman–Crippen LogP) is 3.39. The number of nitrogens with one attached hydrogen (secondary N) is 1. The van der Waals surface area contributed by atoms with Crippen molar-refractivity contribution < 1.29 is 8.78 Å². The van der Waals surface area contributed by atoms with Crippen LogP contribution in [0.25, 0.3) is 0 Å². The molecule has 21 heavy (non-hydrogen) atoms. The van der Waals surface area contributed by atoms with E-state index < -0.39 is 11.6 Å². The molecule has 0 radical (unpaired) electrons. The van der Waals surface area contributed by atoms with Crippen LogP contribution in [0.4, 0.5) is 8.78 Å². The molecule has 0 fully saturated rings. The average Bonchev–Trinajstić information content (AvgIpc) is 2.96. The first kappa shape index (κ1) is 14.2. The average molecular weight is 291 g/mol. The molecule has 0 amide bonds. The Morgan fingerprint density at radius 2 is 2.24 bits per heavy atom. The molecule has 1 aliphatic rings. The third-order valence-electron chi connectivity index (χ3n) is 4.18. The summed E-state index contributed by atoms with van der Waals surface area (Å²) in [5.74, 6) is -0.109. The van der Waals surface area contributed by atoms with Gasteiger partial charge in [-0.25, -0.2) is 13.8 Å². The van der Waals surface area contributed by atoms with Crippen LogP contribution in [0.5, 0.6) is 0 Å². The molecule has 1 N–H and O–H groups in total. The molecule has 112 valence electrons. The lowest BCUT2D eigenvalue weighted by molar-refractivity contribution is 0.407. The molecule has 2 heterocycles. The molecule has 1 aromatic heterocycles. The number of nitrogens with zero attached hydrogens (tertiary/aromatic N) is 2. The molecule has 3 rings (SSSR count). The van der Waals surface area contributed by atoms with Crippen LogP contribution in [0.1, 0.15) is 43.1 Å². The fraction of sp³-hybridized carbons (Fsp3) is 0.438. The second kappa shape index (κ2) is 5.93. The number of aryl methyl sites for hydroxylation is 1. The molecule has 1 aromatic carbocycles. The summed E-state index contributed by atoms with van der Waals surface area (Å²) in [4.78, 5) is 4.43. The quantitative estimate of drug-likeness (QED) is 0.935. The zero-order valence-corrected chi connectivity index (χ0v) is 12.0. The second-order valence-electron chi connectivity index (χ2n) is 5.62. The van der Waals surface area contributed by atoms with Gasteiger partial charge in [0.15, 0.2) is 11.6 Å². The molecule has 5 heteroatoms. The minimum absolute atomic E-state index is 0.0227. The van der Waals surface area contributed by atoms with Gasteiger partial charge in [0.25, 0.3) is 0 Å². The lowest BCUT2D eigenvalue weighted by atomic mass is 9.98. The van der Waals surface area contributed by atoms with Gasteiger partial charge < -0.3 is 9.88 Å². The van der Waals surface area contributed by atoms with E-state index in [4.69, 9.17) is 0 Å². The van der Waals surface area contributed by atoms with E-state index in [2.05, 4.69) is 14.9 Å². The molecule has 0 spiro atoms. The first-order valence-electron chi connectivity index (χ1n) is 7.34. The Morgan fingerprint density at radius 3 is 3.05 bits per heavy atom. The highest BCUT2D eigenvalue weighted by Gasteiger charge is 2.21. The summed E-state index contributed by atoms with van der Waals surface area (Å²) in [7, 11) is 0. The number of fused-ring (bicyclic) bond motifs is 1. The first-order valence-corrected chi connectivity index (χ1v) is 7.34. The number of benzene rings is 1. The fourth-order valence-corrected chi connectivity index (χ4v) is 2.92. The van der Waals surface area contributed by atoms with E-state index in [9.17, 15) is 8.78 Å². The van der Waals surface area contributed by atoms with E-state index in [-0.39, 0.29) is 6.04 Å². The van der Waals surface area contributed by atoms with Crippen LogP contribution in [0.15, 0.2) is 30.6 Å². The third-order valence-corrected chi connectivity index (χ3v) is 4.18. The minimum Gasteiger partial charge on any atom is -0.335 e. The van der Waals surface area contributed by atoms with Crippen molar-refractivity contribution in [2.24, 2.45) is 0 Å². The van der Waals surface area contributed by atoms with Gasteiger partial charge >= 0.3 is 0 Å². The van der Waals surface area contributed by atoms with Crippen molar-refractivity contribution in [3.63, 3.8) is 0 Å². The number of aromatic nitrogens is 2. The van der Waals surface area contributed by atoms with E-state index in [1.165, 1.54) is 12.1 Å². The monoisotopic (exact) mass is 291 g/mol. The highest BCUT2D eigenvalue weighted by atomic mass is 19.2. The minimum atomic E-state index is -0.805. The largest absolute Gasteiger partial charge is 0.335 e. The van der Waals surface area contributed by atoms with Crippen LogP contribution < -0.4 is 5.32 Å². The topological polar surface area (TPSA) is 29.9 Å². The summed E-state index contributed by atoms with van der Waals surface area (Å²) in [6.45, 7) is 3.78. The van der Waals surface area contributed by atoms with Crippen LogP contribution >= 0.6 is 0 Å². The van der Waals surface area contributed by atoms with Crippen LogP contribution in [-0.4, -0.2) is 16.1 Å². The SMILES string of the molecule is C[C@H](NC[C@@H]1CCCn2ccnc21)c1ccc(F)c(F)c1. The van der Waals surface area contributed by atoms with Gasteiger partial charge in [0.1, 0.15) is 5.82 Å². The molecular weight excluding hydrogens is 272 g/mol. The number of hydrogen-bond donors (Lipinski definition) is 1. The van der Waals surface area contributed by atoms with Crippen LogP contribution in [0.3, 0.4) is 0 Å². The summed E-state index contributed by atoms with van der Waals surface area (Å²) in [6.07, 6.45) is 6.11. The second-order valence-corrected chi connectivity index (χ2v) is 5.62. The van der Waals surface area contributed by atoms with E-state index in [1.807, 2.05) is 19.3 Å². The molecule has 0 saturated heterocycles. The third kappa shape index (κ3) is 2.97. The maximum absolute atomic E-state index is 13.3. The molecule has 1 aliphatic heterocycles. The number of rotatable bonds is 4. The number of hydrogen-bond acceptors (Lipinski definition) is 2. The van der Waals surface area contributed by atoms with Crippen molar-refractivity contribution in [2.45, 2.75) is 38.3 Å². The molecule has 0 aliphatic carbocycles. The maximum atomic E-state index is 13.3. The Kier molecular flexibility index (Phi) is 4.01. The molecule has 0 saturated carbocycles. The maximum Gasteiger partial charge on any atom is 0.159 e. The Balaban J connectivity index is 1.64. The lowest BCUT2D eigenvalue weighted by Crippen LogP contribution is -2.28. The van der Waals surface area contributed by atoms with Gasteiger partial charge in [0.2, 0.25) is 0 Å². The highest BCUT2D eigenvalue weighted by Crippen LogP contribution is 2.26. The van der Waals surface area contributed by atoms with E-state index in [0.29, 0.717) is 5.92 Å². The van der Waals surface area contributed by atoms with Gasteiger partial charge in [-0.2, -0.15) is 0 Å². The Labute approximate surface area is 123 Å². The summed E-state index contributed by atoms with van der Waals surface area (Å²) in [5, 5.41) is 3.40. The van der Waals surface area contributed by atoms with E-state index in [1.54, 1.807) is 6.07 Å². The summed E-state index contributed by atoms with van der Waals surface area (Å²) in [5.41, 5.74) is 0.757. The molecule has 2 atom stereocenters. The standard InChI is InChI=1S/C16H19F2N3/c1-11(12-4-5-14(17)15(18)9-12)20-10-13-3-2-7-21-8-6-19-16(13)21/h4-6,8-9,11,13,20H,2-3,7,10H2,1H3/t11-,13-/m0/s1. The zero-order valence-electron chi connectivity index (χ0n) is 12.0.